The van der Waals surface area contributed by atoms with Crippen molar-refractivity contribution < 1.29 is 4.42 Å². The van der Waals surface area contributed by atoms with Gasteiger partial charge in [0.1, 0.15) is 0 Å². The molecule has 0 aliphatic carbocycles. The number of likely N-dealkylation sites (tertiary alicyclic amines) is 1. The van der Waals surface area contributed by atoms with Gasteiger partial charge in [0.15, 0.2) is 0 Å². The monoisotopic (exact) mass is 334 g/mol. The summed E-state index contributed by atoms with van der Waals surface area (Å²) in [5.74, 6) is 1.60. The molecule has 1 atom stereocenters. The zero-order valence-corrected chi connectivity index (χ0v) is 14.4. The van der Waals surface area contributed by atoms with E-state index in [1.54, 1.807) is 12.4 Å². The quantitative estimate of drug-likeness (QED) is 0.726. The highest BCUT2D eigenvalue weighted by Crippen LogP contribution is 2.29. The maximum Gasteiger partial charge on any atom is 0.249 e. The van der Waals surface area contributed by atoms with E-state index in [1.165, 1.54) is 11.1 Å². The van der Waals surface area contributed by atoms with E-state index in [1.807, 2.05) is 12.1 Å². The summed E-state index contributed by atoms with van der Waals surface area (Å²) in [5.41, 5.74) is 3.61. The first-order valence-electron chi connectivity index (χ1n) is 8.80. The standard InChI is InChI=1S/C20H22N4O/c1-15-6-2-3-7-17(15)13-24-11-5-9-18(14-24)20-23-22-19(25-20)16-8-4-10-21-12-16/h2-4,6-8,10,12,18H,5,9,11,13-14H2,1H3/t18-/m0/s1. The molecule has 5 heteroatoms. The van der Waals surface area contributed by atoms with E-state index in [4.69, 9.17) is 4.42 Å². The fraction of sp³-hybridized carbons (Fsp3) is 0.350. The number of aryl methyl sites for hydroxylation is 1. The fourth-order valence-electron chi connectivity index (χ4n) is 3.43. The molecule has 1 fully saturated rings. The molecule has 1 aromatic carbocycles. The van der Waals surface area contributed by atoms with E-state index in [-0.39, 0.29) is 0 Å². The Hall–Kier alpha value is -2.53. The van der Waals surface area contributed by atoms with Crippen LogP contribution in [0, 0.1) is 6.92 Å². The normalized spacial score (nSPS) is 18.4. The van der Waals surface area contributed by atoms with Gasteiger partial charge in [-0.2, -0.15) is 0 Å². The smallest absolute Gasteiger partial charge is 0.249 e. The molecule has 0 radical (unpaired) electrons. The lowest BCUT2D eigenvalue weighted by molar-refractivity contribution is 0.186. The summed E-state index contributed by atoms with van der Waals surface area (Å²) in [7, 11) is 0. The SMILES string of the molecule is Cc1ccccc1CN1CCC[C@H](c2nnc(-c3cccnc3)o2)C1. The number of aromatic nitrogens is 3. The Kier molecular flexibility index (Phi) is 4.57. The van der Waals surface area contributed by atoms with Crippen LogP contribution in [-0.4, -0.2) is 33.2 Å². The molecule has 25 heavy (non-hydrogen) atoms. The van der Waals surface area contributed by atoms with Crippen LogP contribution >= 0.6 is 0 Å². The first-order valence-corrected chi connectivity index (χ1v) is 8.80. The summed E-state index contributed by atoms with van der Waals surface area (Å²) >= 11 is 0. The van der Waals surface area contributed by atoms with Crippen molar-refractivity contribution in [1.29, 1.82) is 0 Å². The third-order valence-electron chi connectivity index (χ3n) is 4.86. The summed E-state index contributed by atoms with van der Waals surface area (Å²) in [4.78, 5) is 6.60. The second-order valence-corrected chi connectivity index (χ2v) is 6.69. The van der Waals surface area contributed by atoms with Crippen LogP contribution in [0.2, 0.25) is 0 Å². The molecule has 5 nitrogen and oxygen atoms in total. The van der Waals surface area contributed by atoms with Gasteiger partial charge in [-0.15, -0.1) is 10.2 Å². The molecular weight excluding hydrogens is 312 g/mol. The third-order valence-corrected chi connectivity index (χ3v) is 4.86. The lowest BCUT2D eigenvalue weighted by Crippen LogP contribution is -2.34. The van der Waals surface area contributed by atoms with Crippen LogP contribution in [0.1, 0.15) is 35.8 Å². The van der Waals surface area contributed by atoms with Crippen molar-refractivity contribution in [2.45, 2.75) is 32.2 Å². The lowest BCUT2D eigenvalue weighted by atomic mass is 9.97. The summed E-state index contributed by atoms with van der Waals surface area (Å²) in [5, 5.41) is 8.51. The molecule has 0 bridgehead atoms. The van der Waals surface area contributed by atoms with Crippen molar-refractivity contribution in [3.05, 3.63) is 65.8 Å². The molecule has 128 valence electrons. The zero-order valence-electron chi connectivity index (χ0n) is 14.4. The van der Waals surface area contributed by atoms with Crippen molar-refractivity contribution in [2.24, 2.45) is 0 Å². The van der Waals surface area contributed by atoms with Crippen molar-refractivity contribution in [3.8, 4) is 11.5 Å². The molecule has 0 amide bonds. The molecule has 2 aromatic heterocycles. The molecule has 1 aliphatic rings. The predicted molar refractivity (Wildman–Crippen MR) is 96.0 cm³/mol. The van der Waals surface area contributed by atoms with Crippen LogP contribution < -0.4 is 0 Å². The van der Waals surface area contributed by atoms with Gasteiger partial charge in [0, 0.05) is 25.5 Å². The van der Waals surface area contributed by atoms with Crippen molar-refractivity contribution in [2.75, 3.05) is 13.1 Å². The predicted octanol–water partition coefficient (Wildman–Crippen LogP) is 3.82. The molecule has 1 aliphatic heterocycles. The van der Waals surface area contributed by atoms with Crippen LogP contribution in [0.15, 0.2) is 53.2 Å². The minimum absolute atomic E-state index is 0.302. The van der Waals surface area contributed by atoms with E-state index in [0.717, 1.165) is 43.9 Å². The van der Waals surface area contributed by atoms with Crippen LogP contribution in [0.5, 0.6) is 0 Å². The van der Waals surface area contributed by atoms with Crippen molar-refractivity contribution in [3.63, 3.8) is 0 Å². The molecule has 0 N–H and O–H groups in total. The van der Waals surface area contributed by atoms with Gasteiger partial charge in [0.2, 0.25) is 11.8 Å². The van der Waals surface area contributed by atoms with Gasteiger partial charge in [-0.1, -0.05) is 24.3 Å². The molecular formula is C20H22N4O. The van der Waals surface area contributed by atoms with Gasteiger partial charge < -0.3 is 4.42 Å². The number of rotatable bonds is 4. The first kappa shape index (κ1) is 16.0. The number of pyridine rings is 1. The van der Waals surface area contributed by atoms with E-state index in [2.05, 4.69) is 51.3 Å². The van der Waals surface area contributed by atoms with Crippen LogP contribution in [0.4, 0.5) is 0 Å². The maximum absolute atomic E-state index is 5.94. The number of benzene rings is 1. The largest absolute Gasteiger partial charge is 0.420 e. The van der Waals surface area contributed by atoms with Crippen LogP contribution in [-0.2, 0) is 6.54 Å². The molecule has 3 heterocycles. The fourth-order valence-corrected chi connectivity index (χ4v) is 3.43. The first-order chi connectivity index (χ1) is 12.3. The Morgan fingerprint density at radius 3 is 2.92 bits per heavy atom. The minimum atomic E-state index is 0.302. The van der Waals surface area contributed by atoms with E-state index in [0.29, 0.717) is 11.8 Å². The third kappa shape index (κ3) is 3.61. The van der Waals surface area contributed by atoms with Crippen molar-refractivity contribution in [1.82, 2.24) is 20.1 Å². The van der Waals surface area contributed by atoms with E-state index < -0.39 is 0 Å². The van der Waals surface area contributed by atoms with Gasteiger partial charge in [-0.3, -0.25) is 9.88 Å². The summed E-state index contributed by atoms with van der Waals surface area (Å²) < 4.78 is 5.94. The Morgan fingerprint density at radius 1 is 1.16 bits per heavy atom. The molecule has 4 rings (SSSR count). The lowest BCUT2D eigenvalue weighted by Gasteiger charge is -2.31. The van der Waals surface area contributed by atoms with Gasteiger partial charge in [0.25, 0.3) is 0 Å². The van der Waals surface area contributed by atoms with E-state index >= 15 is 0 Å². The highest BCUT2D eigenvalue weighted by Gasteiger charge is 2.26. The highest BCUT2D eigenvalue weighted by molar-refractivity contribution is 5.50. The molecule has 3 aromatic rings. The van der Waals surface area contributed by atoms with Gasteiger partial charge in [-0.25, -0.2) is 0 Å². The Bertz CT molecular complexity index is 830. The summed E-state index contributed by atoms with van der Waals surface area (Å²) in [6.45, 7) is 5.24. The van der Waals surface area contributed by atoms with Gasteiger partial charge >= 0.3 is 0 Å². The van der Waals surface area contributed by atoms with E-state index in [9.17, 15) is 0 Å². The number of hydrogen-bond acceptors (Lipinski definition) is 5. The average molecular weight is 334 g/mol. The van der Waals surface area contributed by atoms with Gasteiger partial charge in [-0.05, 0) is 49.6 Å². The molecule has 0 unspecified atom stereocenters. The Labute approximate surface area is 147 Å². The van der Waals surface area contributed by atoms with Crippen molar-refractivity contribution >= 4 is 0 Å². The highest BCUT2D eigenvalue weighted by atomic mass is 16.4. The Balaban J connectivity index is 1.46. The second-order valence-electron chi connectivity index (χ2n) is 6.69. The van der Waals surface area contributed by atoms with Gasteiger partial charge in [0.05, 0.1) is 11.5 Å². The molecule has 0 saturated carbocycles. The molecule has 1 saturated heterocycles. The van der Waals surface area contributed by atoms with Crippen LogP contribution in [0.25, 0.3) is 11.5 Å². The minimum Gasteiger partial charge on any atom is -0.420 e. The number of hydrogen-bond donors (Lipinski definition) is 0. The number of piperidine rings is 1. The maximum atomic E-state index is 5.94. The molecule has 0 spiro atoms. The second kappa shape index (κ2) is 7.15. The summed E-state index contributed by atoms with van der Waals surface area (Å²) in [6.07, 6.45) is 5.74. The number of nitrogens with zero attached hydrogens (tertiary/aromatic N) is 4. The zero-order chi connectivity index (χ0) is 17.1. The summed E-state index contributed by atoms with van der Waals surface area (Å²) in [6, 6.07) is 12.4. The topological polar surface area (TPSA) is 55.1 Å². The Morgan fingerprint density at radius 2 is 2.08 bits per heavy atom. The van der Waals surface area contributed by atoms with Crippen LogP contribution in [0.3, 0.4) is 0 Å². The average Bonchev–Trinajstić information content (AvgIpc) is 3.15.